The Bertz CT molecular complexity index is 475. The second-order valence-corrected chi connectivity index (χ2v) is 4.58. The lowest BCUT2D eigenvalue weighted by molar-refractivity contribution is 0.815. The molecule has 0 amide bonds. The van der Waals surface area contributed by atoms with Crippen LogP contribution in [0.3, 0.4) is 0 Å². The normalized spacial score (nSPS) is 10.4. The third kappa shape index (κ3) is 1.73. The summed E-state index contributed by atoms with van der Waals surface area (Å²) in [5, 5.41) is 4.18. The molecule has 0 aliphatic carbocycles. The standard InChI is InChI=1S/C9H8N2OS2/c1-13-8-10-11(9(12)14-8)7-5-3-2-4-6-7/h2-6H,1H3. The molecule has 5 heteroatoms. The number of hydrogen-bond donors (Lipinski definition) is 0. The van der Waals surface area contributed by atoms with Crippen LogP contribution in [0.5, 0.6) is 0 Å². The predicted octanol–water partition coefficient (Wildman–Crippen LogP) is 2.02. The minimum atomic E-state index is -0.0412. The molecule has 14 heavy (non-hydrogen) atoms. The molecule has 0 aliphatic heterocycles. The molecule has 1 heterocycles. The van der Waals surface area contributed by atoms with Gasteiger partial charge in [0.2, 0.25) is 0 Å². The van der Waals surface area contributed by atoms with Gasteiger partial charge in [-0.1, -0.05) is 30.0 Å². The zero-order valence-corrected chi connectivity index (χ0v) is 9.14. The Kier molecular flexibility index (Phi) is 2.69. The third-order valence-corrected chi connectivity index (χ3v) is 3.49. The van der Waals surface area contributed by atoms with E-state index in [0.29, 0.717) is 0 Å². The molecule has 2 rings (SSSR count). The summed E-state index contributed by atoms with van der Waals surface area (Å²) in [6.45, 7) is 0. The lowest BCUT2D eigenvalue weighted by Crippen LogP contribution is -2.11. The van der Waals surface area contributed by atoms with Gasteiger partial charge in [0.15, 0.2) is 4.34 Å². The summed E-state index contributed by atoms with van der Waals surface area (Å²) in [5.74, 6) is 0. The van der Waals surface area contributed by atoms with E-state index in [1.165, 1.54) is 27.8 Å². The molecule has 0 saturated carbocycles. The average Bonchev–Trinajstić information content (AvgIpc) is 2.61. The van der Waals surface area contributed by atoms with Gasteiger partial charge >= 0.3 is 4.87 Å². The van der Waals surface area contributed by atoms with E-state index in [4.69, 9.17) is 0 Å². The van der Waals surface area contributed by atoms with Gasteiger partial charge in [-0.3, -0.25) is 4.79 Å². The molecule has 0 unspecified atom stereocenters. The van der Waals surface area contributed by atoms with E-state index in [1.807, 2.05) is 36.6 Å². The van der Waals surface area contributed by atoms with Gasteiger partial charge < -0.3 is 0 Å². The van der Waals surface area contributed by atoms with Gasteiger partial charge in [-0.25, -0.2) is 0 Å². The Morgan fingerprint density at radius 1 is 1.36 bits per heavy atom. The largest absolute Gasteiger partial charge is 0.330 e. The fraction of sp³-hybridized carbons (Fsp3) is 0.111. The summed E-state index contributed by atoms with van der Waals surface area (Å²) in [6.07, 6.45) is 1.91. The topological polar surface area (TPSA) is 34.9 Å². The number of benzene rings is 1. The van der Waals surface area contributed by atoms with Crippen molar-refractivity contribution < 1.29 is 0 Å². The molecule has 0 atom stereocenters. The first-order valence-electron chi connectivity index (χ1n) is 4.01. The second-order valence-electron chi connectivity index (χ2n) is 2.59. The molecule has 0 fully saturated rings. The summed E-state index contributed by atoms with van der Waals surface area (Å²) in [7, 11) is 0. The Morgan fingerprint density at radius 3 is 2.64 bits per heavy atom. The van der Waals surface area contributed by atoms with Crippen LogP contribution in [0.15, 0.2) is 39.5 Å². The van der Waals surface area contributed by atoms with Gasteiger partial charge in [0.25, 0.3) is 0 Å². The van der Waals surface area contributed by atoms with Crippen molar-refractivity contribution >= 4 is 23.1 Å². The van der Waals surface area contributed by atoms with E-state index < -0.39 is 0 Å². The minimum absolute atomic E-state index is 0.0412. The maximum absolute atomic E-state index is 11.5. The molecular weight excluding hydrogens is 216 g/mol. The molecule has 3 nitrogen and oxygen atoms in total. The molecule has 1 aromatic heterocycles. The van der Waals surface area contributed by atoms with Gasteiger partial charge in [0.1, 0.15) is 0 Å². The smallest absolute Gasteiger partial charge is 0.255 e. The lowest BCUT2D eigenvalue weighted by Gasteiger charge is -1.96. The highest BCUT2D eigenvalue weighted by Gasteiger charge is 2.05. The van der Waals surface area contributed by atoms with E-state index in [2.05, 4.69) is 5.10 Å². The van der Waals surface area contributed by atoms with Gasteiger partial charge in [-0.2, -0.15) is 4.68 Å². The fourth-order valence-electron chi connectivity index (χ4n) is 1.08. The Hall–Kier alpha value is -1.07. The Morgan fingerprint density at radius 2 is 2.07 bits per heavy atom. The minimum Gasteiger partial charge on any atom is -0.255 e. The van der Waals surface area contributed by atoms with E-state index in [-0.39, 0.29) is 4.87 Å². The van der Waals surface area contributed by atoms with E-state index in [1.54, 1.807) is 0 Å². The molecule has 2 aromatic rings. The number of rotatable bonds is 2. The van der Waals surface area contributed by atoms with Crippen LogP contribution in [0.2, 0.25) is 0 Å². The first-order valence-corrected chi connectivity index (χ1v) is 6.05. The number of thioether (sulfide) groups is 1. The van der Waals surface area contributed by atoms with Crippen molar-refractivity contribution in [1.29, 1.82) is 0 Å². The summed E-state index contributed by atoms with van der Waals surface area (Å²) < 4.78 is 2.22. The summed E-state index contributed by atoms with van der Waals surface area (Å²) >= 11 is 2.65. The first-order chi connectivity index (χ1) is 6.81. The third-order valence-electron chi connectivity index (χ3n) is 1.70. The molecule has 0 spiro atoms. The first kappa shape index (κ1) is 9.48. The highest BCUT2D eigenvalue weighted by molar-refractivity contribution is 8.00. The molecule has 0 N–H and O–H groups in total. The van der Waals surface area contributed by atoms with Crippen LogP contribution in [0, 0.1) is 0 Å². The molecule has 0 saturated heterocycles. The van der Waals surface area contributed by atoms with E-state index in [9.17, 15) is 4.79 Å². The highest BCUT2D eigenvalue weighted by Crippen LogP contribution is 2.15. The fourth-order valence-corrected chi connectivity index (χ4v) is 2.29. The van der Waals surface area contributed by atoms with Gasteiger partial charge in [-0.05, 0) is 29.7 Å². The van der Waals surface area contributed by atoms with Crippen molar-refractivity contribution in [2.45, 2.75) is 4.34 Å². The summed E-state index contributed by atoms with van der Waals surface area (Å²) in [6, 6.07) is 9.42. The van der Waals surface area contributed by atoms with Gasteiger partial charge in [0, 0.05) is 0 Å². The second kappa shape index (κ2) is 3.98. The molecular formula is C9H8N2OS2. The molecule has 0 bridgehead atoms. The Labute approximate surface area is 89.4 Å². The number of aromatic nitrogens is 2. The number of para-hydroxylation sites is 1. The summed E-state index contributed by atoms with van der Waals surface area (Å²) in [5.41, 5.74) is 0.814. The SMILES string of the molecule is CSc1nn(-c2ccccc2)c(=O)s1. The van der Waals surface area contributed by atoms with Crippen LogP contribution in [0.4, 0.5) is 0 Å². The summed E-state index contributed by atoms with van der Waals surface area (Å²) in [4.78, 5) is 11.5. The zero-order chi connectivity index (χ0) is 9.97. The Balaban J connectivity index is 2.52. The van der Waals surface area contributed by atoms with Crippen LogP contribution in [-0.4, -0.2) is 16.0 Å². The van der Waals surface area contributed by atoms with Crippen molar-refractivity contribution in [2.24, 2.45) is 0 Å². The van der Waals surface area contributed by atoms with Crippen LogP contribution in [0.1, 0.15) is 0 Å². The van der Waals surface area contributed by atoms with Crippen molar-refractivity contribution in [2.75, 3.05) is 6.26 Å². The monoisotopic (exact) mass is 224 g/mol. The maximum Gasteiger partial charge on any atom is 0.330 e. The van der Waals surface area contributed by atoms with Crippen LogP contribution < -0.4 is 4.87 Å². The quantitative estimate of drug-likeness (QED) is 0.732. The van der Waals surface area contributed by atoms with Gasteiger partial charge in [-0.15, -0.1) is 5.10 Å². The van der Waals surface area contributed by atoms with E-state index in [0.717, 1.165) is 10.0 Å². The molecule has 1 aromatic carbocycles. The highest BCUT2D eigenvalue weighted by atomic mass is 32.2. The van der Waals surface area contributed by atoms with Crippen LogP contribution >= 0.6 is 23.1 Å². The van der Waals surface area contributed by atoms with Crippen molar-refractivity contribution in [3.63, 3.8) is 0 Å². The molecule has 72 valence electrons. The zero-order valence-electron chi connectivity index (χ0n) is 7.51. The van der Waals surface area contributed by atoms with Crippen molar-refractivity contribution in [1.82, 2.24) is 9.78 Å². The maximum atomic E-state index is 11.5. The number of hydrogen-bond acceptors (Lipinski definition) is 4. The molecule has 0 aliphatic rings. The van der Waals surface area contributed by atoms with Crippen molar-refractivity contribution in [3.8, 4) is 5.69 Å². The van der Waals surface area contributed by atoms with E-state index >= 15 is 0 Å². The lowest BCUT2D eigenvalue weighted by atomic mass is 10.3. The average molecular weight is 224 g/mol. The van der Waals surface area contributed by atoms with Gasteiger partial charge in [0.05, 0.1) is 5.69 Å². The van der Waals surface area contributed by atoms with Crippen LogP contribution in [-0.2, 0) is 0 Å². The molecule has 0 radical (unpaired) electrons. The van der Waals surface area contributed by atoms with Crippen molar-refractivity contribution in [3.05, 3.63) is 40.0 Å². The predicted molar refractivity (Wildman–Crippen MR) is 59.5 cm³/mol. The number of nitrogens with zero attached hydrogens (tertiary/aromatic N) is 2. The van der Waals surface area contributed by atoms with Crippen LogP contribution in [0.25, 0.3) is 5.69 Å².